The Morgan fingerprint density at radius 2 is 1.86 bits per heavy atom. The van der Waals surface area contributed by atoms with Gasteiger partial charge in [0.1, 0.15) is 18.0 Å². The van der Waals surface area contributed by atoms with Crippen LogP contribution in [0, 0.1) is 17.8 Å². The maximum atomic E-state index is 12.5. The second-order valence-corrected chi connectivity index (χ2v) is 8.63. The van der Waals surface area contributed by atoms with E-state index in [4.69, 9.17) is 9.47 Å². The molecule has 0 saturated carbocycles. The lowest BCUT2D eigenvalue weighted by Gasteiger charge is -2.33. The summed E-state index contributed by atoms with van der Waals surface area (Å²) in [6.45, 7) is 8.37. The molecule has 1 aliphatic heterocycles. The summed E-state index contributed by atoms with van der Waals surface area (Å²) in [5.41, 5.74) is -0.549. The number of carbonyl (C=O) groups excluding carboxylic acids is 2. The maximum absolute atomic E-state index is 12.5. The zero-order valence-electron chi connectivity index (χ0n) is 17.3. The molecule has 0 bridgehead atoms. The molecule has 2 amide bonds. The van der Waals surface area contributed by atoms with Gasteiger partial charge in [-0.3, -0.25) is 10.0 Å². The number of piperidine rings is 1. The standard InChI is InChI=1S/C21H28N2O5S/c1-5-6-15-27-17-7-9-18(10-8-17)29-23(26)19(24)16-11-13-22(14-12-16)20(25)28-21(2,3)4/h7-10,16,26H,11-15H2,1-4H3. The Balaban J connectivity index is 1.81. The van der Waals surface area contributed by atoms with Crippen molar-refractivity contribution in [3.63, 3.8) is 0 Å². The molecule has 1 N–H and O–H groups in total. The summed E-state index contributed by atoms with van der Waals surface area (Å²) in [7, 11) is 0. The predicted molar refractivity (Wildman–Crippen MR) is 110 cm³/mol. The summed E-state index contributed by atoms with van der Waals surface area (Å²) in [5.74, 6) is 5.54. The van der Waals surface area contributed by atoms with Crippen molar-refractivity contribution in [3.05, 3.63) is 24.3 Å². The van der Waals surface area contributed by atoms with Gasteiger partial charge in [0, 0.05) is 35.9 Å². The van der Waals surface area contributed by atoms with Gasteiger partial charge in [0.05, 0.1) is 0 Å². The van der Waals surface area contributed by atoms with Crippen LogP contribution in [0.4, 0.5) is 4.79 Å². The molecule has 29 heavy (non-hydrogen) atoms. The molecule has 1 aromatic rings. The molecule has 0 atom stereocenters. The molecule has 0 spiro atoms. The second kappa shape index (κ2) is 10.4. The first-order valence-electron chi connectivity index (χ1n) is 9.51. The highest BCUT2D eigenvalue weighted by Gasteiger charge is 2.32. The van der Waals surface area contributed by atoms with Crippen LogP contribution >= 0.6 is 11.9 Å². The van der Waals surface area contributed by atoms with E-state index in [1.54, 1.807) is 36.1 Å². The molecule has 0 aromatic heterocycles. The SMILES string of the molecule is CC#CCOc1ccc(SN(O)C(=O)C2CCN(C(=O)OC(C)(C)C)CC2)cc1. The van der Waals surface area contributed by atoms with E-state index in [1.807, 2.05) is 20.8 Å². The van der Waals surface area contributed by atoms with Crippen molar-refractivity contribution in [2.24, 2.45) is 5.92 Å². The van der Waals surface area contributed by atoms with Crippen molar-refractivity contribution >= 4 is 23.9 Å². The van der Waals surface area contributed by atoms with E-state index in [1.165, 1.54) is 0 Å². The molecule has 1 heterocycles. The average molecular weight is 421 g/mol. The summed E-state index contributed by atoms with van der Waals surface area (Å²) < 4.78 is 11.5. The minimum Gasteiger partial charge on any atom is -0.481 e. The topological polar surface area (TPSA) is 79.3 Å². The fourth-order valence-electron chi connectivity index (χ4n) is 2.72. The number of hydroxylamine groups is 1. The molecule has 0 aliphatic carbocycles. The van der Waals surface area contributed by atoms with Crippen molar-refractivity contribution in [3.8, 4) is 17.6 Å². The minimum atomic E-state index is -0.549. The quantitative estimate of drug-likeness (QED) is 0.336. The molecule has 1 aromatic carbocycles. The first-order chi connectivity index (χ1) is 13.7. The Kier molecular flexibility index (Phi) is 8.23. The van der Waals surface area contributed by atoms with Crippen molar-refractivity contribution < 1.29 is 24.3 Å². The van der Waals surface area contributed by atoms with Gasteiger partial charge in [0.2, 0.25) is 0 Å². The lowest BCUT2D eigenvalue weighted by molar-refractivity contribution is -0.150. The monoisotopic (exact) mass is 420 g/mol. The van der Waals surface area contributed by atoms with Gasteiger partial charge in [0.25, 0.3) is 5.91 Å². The van der Waals surface area contributed by atoms with E-state index in [-0.39, 0.29) is 17.9 Å². The first-order valence-corrected chi connectivity index (χ1v) is 10.3. The summed E-state index contributed by atoms with van der Waals surface area (Å²) in [6, 6.07) is 7.05. The summed E-state index contributed by atoms with van der Waals surface area (Å²) >= 11 is 0.948. The third-order valence-electron chi connectivity index (χ3n) is 4.19. The van der Waals surface area contributed by atoms with Crippen molar-refractivity contribution in [1.82, 2.24) is 9.37 Å². The second-order valence-electron chi connectivity index (χ2n) is 7.63. The minimum absolute atomic E-state index is 0.315. The molecule has 2 rings (SSSR count). The van der Waals surface area contributed by atoms with Gasteiger partial charge in [-0.25, -0.2) is 4.79 Å². The number of likely N-dealkylation sites (tertiary alicyclic amines) is 1. The maximum Gasteiger partial charge on any atom is 0.410 e. The lowest BCUT2D eigenvalue weighted by Crippen LogP contribution is -2.44. The number of hydrogen-bond acceptors (Lipinski definition) is 6. The zero-order valence-corrected chi connectivity index (χ0v) is 18.1. The van der Waals surface area contributed by atoms with Gasteiger partial charge in [-0.2, -0.15) is 4.47 Å². The van der Waals surface area contributed by atoms with Crippen LogP contribution in [-0.2, 0) is 9.53 Å². The van der Waals surface area contributed by atoms with E-state index >= 15 is 0 Å². The molecule has 158 valence electrons. The average Bonchev–Trinajstić information content (AvgIpc) is 2.67. The number of amides is 2. The van der Waals surface area contributed by atoms with Gasteiger partial charge in [0.15, 0.2) is 0 Å². The third-order valence-corrected chi connectivity index (χ3v) is 5.02. The van der Waals surface area contributed by atoms with Crippen molar-refractivity contribution in [2.45, 2.75) is 51.0 Å². The molecule has 0 unspecified atom stereocenters. The van der Waals surface area contributed by atoms with E-state index < -0.39 is 5.60 Å². The predicted octanol–water partition coefficient (Wildman–Crippen LogP) is 3.96. The summed E-state index contributed by atoms with van der Waals surface area (Å²) in [4.78, 5) is 27.0. The van der Waals surface area contributed by atoms with E-state index in [0.717, 1.165) is 11.9 Å². The summed E-state index contributed by atoms with van der Waals surface area (Å²) in [6.07, 6.45) is 0.605. The third kappa shape index (κ3) is 7.52. The highest BCUT2D eigenvalue weighted by Crippen LogP contribution is 2.28. The largest absolute Gasteiger partial charge is 0.481 e. The van der Waals surface area contributed by atoms with E-state index in [9.17, 15) is 14.8 Å². The fraction of sp³-hybridized carbons (Fsp3) is 0.524. The van der Waals surface area contributed by atoms with Crippen molar-refractivity contribution in [1.29, 1.82) is 0 Å². The molecule has 1 saturated heterocycles. The smallest absolute Gasteiger partial charge is 0.410 e. The van der Waals surface area contributed by atoms with Gasteiger partial charge in [-0.1, -0.05) is 5.92 Å². The highest BCUT2D eigenvalue weighted by atomic mass is 32.2. The van der Waals surface area contributed by atoms with Crippen LogP contribution in [-0.4, -0.2) is 51.9 Å². The fourth-order valence-corrected chi connectivity index (χ4v) is 3.42. The first kappa shape index (κ1) is 22.9. The van der Waals surface area contributed by atoms with Crippen LogP contribution in [0.15, 0.2) is 29.2 Å². The number of benzene rings is 1. The molecular weight excluding hydrogens is 392 g/mol. The Hall–Kier alpha value is -2.37. The molecule has 8 heteroatoms. The normalized spacial score (nSPS) is 14.6. The highest BCUT2D eigenvalue weighted by molar-refractivity contribution is 7.97. The molecule has 1 fully saturated rings. The molecular formula is C21H28N2O5S. The van der Waals surface area contributed by atoms with Gasteiger partial charge >= 0.3 is 6.09 Å². The van der Waals surface area contributed by atoms with Crippen LogP contribution < -0.4 is 4.74 Å². The van der Waals surface area contributed by atoms with E-state index in [2.05, 4.69) is 11.8 Å². The molecule has 7 nitrogen and oxygen atoms in total. The Morgan fingerprint density at radius 1 is 1.24 bits per heavy atom. The van der Waals surface area contributed by atoms with Crippen LogP contribution in [0.1, 0.15) is 40.5 Å². The Labute approximate surface area is 176 Å². The number of ether oxygens (including phenoxy) is 2. The van der Waals surface area contributed by atoms with E-state index in [0.29, 0.717) is 47.7 Å². The number of hydrogen-bond donors (Lipinski definition) is 1. The number of carbonyl (C=O) groups is 2. The molecule has 1 aliphatic rings. The number of nitrogens with zero attached hydrogens (tertiary/aromatic N) is 2. The number of rotatable bonds is 5. The lowest BCUT2D eigenvalue weighted by atomic mass is 9.96. The van der Waals surface area contributed by atoms with Crippen LogP contribution in [0.25, 0.3) is 0 Å². The molecule has 0 radical (unpaired) electrons. The van der Waals surface area contributed by atoms with Crippen molar-refractivity contribution in [2.75, 3.05) is 19.7 Å². The van der Waals surface area contributed by atoms with Gasteiger partial charge < -0.3 is 14.4 Å². The van der Waals surface area contributed by atoms with Crippen LogP contribution in [0.5, 0.6) is 5.75 Å². The Morgan fingerprint density at radius 3 is 2.41 bits per heavy atom. The van der Waals surface area contributed by atoms with Gasteiger partial charge in [-0.05, 0) is 64.8 Å². The van der Waals surface area contributed by atoms with Crippen LogP contribution in [0.2, 0.25) is 0 Å². The van der Waals surface area contributed by atoms with Crippen LogP contribution in [0.3, 0.4) is 0 Å². The Bertz CT molecular complexity index is 756. The zero-order chi connectivity index (χ0) is 21.4. The van der Waals surface area contributed by atoms with Gasteiger partial charge in [-0.15, -0.1) is 5.92 Å². The summed E-state index contributed by atoms with van der Waals surface area (Å²) in [5, 5.41) is 10.2.